The van der Waals surface area contributed by atoms with Crippen LogP contribution in [-0.4, -0.2) is 13.2 Å². The molecule has 0 saturated heterocycles. The van der Waals surface area contributed by atoms with Crippen LogP contribution >= 0.6 is 0 Å². The molecule has 0 saturated carbocycles. The molecule has 0 atom stereocenters. The average Bonchev–Trinajstić information content (AvgIpc) is 2.42. The first-order valence-corrected chi connectivity index (χ1v) is 6.02. The number of para-hydroxylation sites is 1. The summed E-state index contributed by atoms with van der Waals surface area (Å²) >= 11 is 0. The molecule has 0 aliphatic heterocycles. The molecule has 0 bridgehead atoms. The highest BCUT2D eigenvalue weighted by Crippen LogP contribution is 2.11. The highest BCUT2D eigenvalue weighted by atomic mass is 19.1. The molecule has 0 heterocycles. The fourth-order valence-corrected chi connectivity index (χ4v) is 1.58. The summed E-state index contributed by atoms with van der Waals surface area (Å²) in [5.41, 5.74) is 1.11. The van der Waals surface area contributed by atoms with Crippen LogP contribution in [0.1, 0.15) is 6.42 Å². The van der Waals surface area contributed by atoms with E-state index in [9.17, 15) is 4.39 Å². The smallest absolute Gasteiger partial charge is 0.123 e. The van der Waals surface area contributed by atoms with Crippen molar-refractivity contribution in [1.29, 1.82) is 0 Å². The lowest BCUT2D eigenvalue weighted by molar-refractivity contribution is 0.314. The molecule has 0 fully saturated rings. The Balaban J connectivity index is 1.63. The van der Waals surface area contributed by atoms with E-state index in [1.54, 1.807) is 12.1 Å². The second-order valence-corrected chi connectivity index (χ2v) is 3.95. The van der Waals surface area contributed by atoms with Crippen LogP contribution in [0.5, 0.6) is 5.75 Å². The minimum absolute atomic E-state index is 0.243. The molecule has 0 unspecified atom stereocenters. The van der Waals surface area contributed by atoms with Crippen LogP contribution in [0.25, 0.3) is 0 Å². The number of nitrogens with one attached hydrogen (secondary N) is 1. The van der Waals surface area contributed by atoms with Gasteiger partial charge in [0.1, 0.15) is 11.6 Å². The summed E-state index contributed by atoms with van der Waals surface area (Å²) in [6, 6.07) is 16.1. The van der Waals surface area contributed by atoms with E-state index in [1.807, 2.05) is 30.3 Å². The van der Waals surface area contributed by atoms with E-state index >= 15 is 0 Å². The van der Waals surface area contributed by atoms with E-state index in [0.717, 1.165) is 18.7 Å². The van der Waals surface area contributed by atoms with Gasteiger partial charge in [-0.1, -0.05) is 18.2 Å². The van der Waals surface area contributed by atoms with Crippen LogP contribution in [0, 0.1) is 5.82 Å². The highest BCUT2D eigenvalue weighted by Gasteiger charge is 1.95. The number of hydrogen-bond donors (Lipinski definition) is 1. The molecular weight excluding hydrogens is 229 g/mol. The maximum absolute atomic E-state index is 12.7. The Morgan fingerprint density at radius 1 is 0.944 bits per heavy atom. The Morgan fingerprint density at radius 3 is 2.39 bits per heavy atom. The van der Waals surface area contributed by atoms with Crippen molar-refractivity contribution in [1.82, 2.24) is 0 Å². The molecule has 94 valence electrons. The Hall–Kier alpha value is -2.03. The molecule has 0 radical (unpaired) electrons. The molecule has 0 amide bonds. The Kier molecular flexibility index (Phi) is 4.59. The second kappa shape index (κ2) is 6.64. The monoisotopic (exact) mass is 245 g/mol. The van der Waals surface area contributed by atoms with Crippen molar-refractivity contribution in [2.24, 2.45) is 0 Å². The van der Waals surface area contributed by atoms with Gasteiger partial charge >= 0.3 is 0 Å². The van der Waals surface area contributed by atoms with Gasteiger partial charge in [-0.3, -0.25) is 0 Å². The fraction of sp³-hybridized carbons (Fsp3) is 0.200. The van der Waals surface area contributed by atoms with Crippen LogP contribution in [0.3, 0.4) is 0 Å². The van der Waals surface area contributed by atoms with Crippen molar-refractivity contribution in [2.75, 3.05) is 18.5 Å². The van der Waals surface area contributed by atoms with Gasteiger partial charge in [0.15, 0.2) is 0 Å². The van der Waals surface area contributed by atoms with Crippen LogP contribution in [0.4, 0.5) is 10.1 Å². The summed E-state index contributed by atoms with van der Waals surface area (Å²) in [4.78, 5) is 0. The van der Waals surface area contributed by atoms with Crippen molar-refractivity contribution in [3.8, 4) is 5.75 Å². The van der Waals surface area contributed by atoms with Gasteiger partial charge < -0.3 is 10.1 Å². The molecule has 0 aromatic heterocycles. The molecule has 2 aromatic carbocycles. The Morgan fingerprint density at radius 2 is 1.67 bits per heavy atom. The van der Waals surface area contributed by atoms with Crippen molar-refractivity contribution >= 4 is 5.69 Å². The standard InChI is InChI=1S/C15H16FNO/c16-13-7-9-15(10-8-13)18-12-4-11-17-14-5-2-1-3-6-14/h1-3,5-10,17H,4,11-12H2. The summed E-state index contributed by atoms with van der Waals surface area (Å²) in [6.07, 6.45) is 0.895. The predicted molar refractivity (Wildman–Crippen MR) is 71.4 cm³/mol. The zero-order chi connectivity index (χ0) is 12.6. The lowest BCUT2D eigenvalue weighted by Crippen LogP contribution is -2.07. The van der Waals surface area contributed by atoms with E-state index in [0.29, 0.717) is 12.4 Å². The van der Waals surface area contributed by atoms with Gasteiger partial charge in [-0.05, 0) is 42.8 Å². The lowest BCUT2D eigenvalue weighted by Gasteiger charge is -2.08. The number of halogens is 1. The normalized spacial score (nSPS) is 10.1. The minimum atomic E-state index is -0.243. The molecule has 1 N–H and O–H groups in total. The maximum atomic E-state index is 12.7. The Bertz CT molecular complexity index is 456. The van der Waals surface area contributed by atoms with E-state index in [4.69, 9.17) is 4.74 Å². The van der Waals surface area contributed by atoms with E-state index in [-0.39, 0.29) is 5.82 Å². The average molecular weight is 245 g/mol. The molecule has 0 spiro atoms. The summed E-state index contributed by atoms with van der Waals surface area (Å²) in [6.45, 7) is 1.47. The molecule has 0 aliphatic carbocycles. The zero-order valence-corrected chi connectivity index (χ0v) is 10.1. The van der Waals surface area contributed by atoms with Crippen molar-refractivity contribution in [3.05, 3.63) is 60.4 Å². The minimum Gasteiger partial charge on any atom is -0.494 e. The first-order valence-electron chi connectivity index (χ1n) is 6.02. The van der Waals surface area contributed by atoms with Crippen molar-refractivity contribution in [2.45, 2.75) is 6.42 Å². The van der Waals surface area contributed by atoms with Gasteiger partial charge in [-0.15, -0.1) is 0 Å². The first kappa shape index (κ1) is 12.4. The summed E-state index contributed by atoms with van der Waals surface area (Å²) in [5.74, 6) is 0.462. The van der Waals surface area contributed by atoms with Gasteiger partial charge in [0.2, 0.25) is 0 Å². The third-order valence-electron chi connectivity index (χ3n) is 2.51. The van der Waals surface area contributed by atoms with Crippen LogP contribution in [-0.2, 0) is 0 Å². The van der Waals surface area contributed by atoms with Crippen LogP contribution in [0.15, 0.2) is 54.6 Å². The molecule has 2 nitrogen and oxygen atoms in total. The molecule has 18 heavy (non-hydrogen) atoms. The third-order valence-corrected chi connectivity index (χ3v) is 2.51. The van der Waals surface area contributed by atoms with Gasteiger partial charge in [-0.2, -0.15) is 0 Å². The molecule has 0 aliphatic rings. The zero-order valence-electron chi connectivity index (χ0n) is 10.1. The van der Waals surface area contributed by atoms with Gasteiger partial charge in [0.25, 0.3) is 0 Å². The maximum Gasteiger partial charge on any atom is 0.123 e. The van der Waals surface area contributed by atoms with Gasteiger partial charge in [0, 0.05) is 12.2 Å². The molecule has 2 rings (SSSR count). The van der Waals surface area contributed by atoms with Gasteiger partial charge in [0.05, 0.1) is 6.61 Å². The molecular formula is C15H16FNO. The fourth-order valence-electron chi connectivity index (χ4n) is 1.58. The van der Waals surface area contributed by atoms with E-state index in [2.05, 4.69) is 5.32 Å². The number of hydrogen-bond acceptors (Lipinski definition) is 2. The number of benzene rings is 2. The topological polar surface area (TPSA) is 21.3 Å². The summed E-state index contributed by atoms with van der Waals surface area (Å²) in [5, 5.41) is 3.30. The predicted octanol–water partition coefficient (Wildman–Crippen LogP) is 3.71. The Labute approximate surface area is 106 Å². The van der Waals surface area contributed by atoms with E-state index in [1.165, 1.54) is 12.1 Å². The highest BCUT2D eigenvalue weighted by molar-refractivity contribution is 5.42. The van der Waals surface area contributed by atoms with Crippen LogP contribution in [0.2, 0.25) is 0 Å². The first-order chi connectivity index (χ1) is 8.84. The quantitative estimate of drug-likeness (QED) is 0.783. The van der Waals surface area contributed by atoms with Crippen molar-refractivity contribution < 1.29 is 9.13 Å². The number of anilines is 1. The molecule has 2 aromatic rings. The third kappa shape index (κ3) is 4.09. The second-order valence-electron chi connectivity index (χ2n) is 3.95. The van der Waals surface area contributed by atoms with Gasteiger partial charge in [-0.25, -0.2) is 4.39 Å². The van der Waals surface area contributed by atoms with Crippen LogP contribution < -0.4 is 10.1 Å². The SMILES string of the molecule is Fc1ccc(OCCCNc2ccccc2)cc1. The van der Waals surface area contributed by atoms with Crippen molar-refractivity contribution in [3.63, 3.8) is 0 Å². The number of ether oxygens (including phenoxy) is 1. The summed E-state index contributed by atoms with van der Waals surface area (Å²) in [7, 11) is 0. The number of rotatable bonds is 6. The van der Waals surface area contributed by atoms with E-state index < -0.39 is 0 Å². The largest absolute Gasteiger partial charge is 0.494 e. The molecule has 3 heteroatoms. The summed E-state index contributed by atoms with van der Waals surface area (Å²) < 4.78 is 18.1. The lowest BCUT2D eigenvalue weighted by atomic mass is 10.3.